The van der Waals surface area contributed by atoms with Crippen molar-refractivity contribution in [3.8, 4) is 0 Å². The minimum Gasteiger partial charge on any atom is -0.374 e. The first kappa shape index (κ1) is 16.2. The van der Waals surface area contributed by atoms with Crippen LogP contribution in [0.2, 0.25) is 0 Å². The second kappa shape index (κ2) is 5.10. The van der Waals surface area contributed by atoms with Gasteiger partial charge in [0.1, 0.15) is 0 Å². The largest absolute Gasteiger partial charge is 0.374 e. The first-order chi connectivity index (χ1) is 13.1. The van der Waals surface area contributed by atoms with E-state index < -0.39 is 0 Å². The number of hydrogen-bond donors (Lipinski definition) is 0. The molecule has 1 heterocycles. The molecule has 6 aliphatic carbocycles. The van der Waals surface area contributed by atoms with Crippen LogP contribution in [-0.2, 0) is 9.53 Å². The summed E-state index contributed by atoms with van der Waals surface area (Å²) in [6, 6.07) is 0. The fourth-order valence-electron chi connectivity index (χ4n) is 9.78. The summed E-state index contributed by atoms with van der Waals surface area (Å²) in [6.07, 6.45) is 15.1. The number of hydrogen-bond acceptors (Lipinski definition) is 2. The molecule has 1 saturated heterocycles. The third kappa shape index (κ3) is 1.90. The number of rotatable bonds is 1. The van der Waals surface area contributed by atoms with Gasteiger partial charge in [0.15, 0.2) is 5.78 Å². The SMILES string of the molecule is C[C@]12CCC3C(C(C4CC4)CC4=CC(=O)CC[C@@H]43)C1C1CC1[C@@]21CCCO1. The normalized spacial score (nSPS) is 58.3. The van der Waals surface area contributed by atoms with Gasteiger partial charge >= 0.3 is 0 Å². The first-order valence-electron chi connectivity index (χ1n) is 12.0. The number of allylic oxidation sites excluding steroid dienone is 1. The number of fused-ring (bicyclic) bond motifs is 9. The lowest BCUT2D eigenvalue weighted by Gasteiger charge is -2.59. The van der Waals surface area contributed by atoms with E-state index in [-0.39, 0.29) is 5.60 Å². The Morgan fingerprint density at radius 3 is 2.74 bits per heavy atom. The predicted octanol–water partition coefficient (Wildman–Crippen LogP) is 5.17. The second-order valence-electron chi connectivity index (χ2n) is 11.6. The third-order valence-corrected chi connectivity index (χ3v) is 10.8. The average molecular weight is 367 g/mol. The molecule has 5 saturated carbocycles. The first-order valence-corrected chi connectivity index (χ1v) is 12.0. The molecule has 7 aliphatic rings. The lowest BCUT2D eigenvalue weighted by Crippen LogP contribution is -2.57. The zero-order chi connectivity index (χ0) is 18.0. The summed E-state index contributed by atoms with van der Waals surface area (Å²) in [5.41, 5.74) is 2.27. The van der Waals surface area contributed by atoms with E-state index in [1.54, 1.807) is 5.57 Å². The summed E-state index contributed by atoms with van der Waals surface area (Å²) in [4.78, 5) is 12.1. The fraction of sp³-hybridized carbons (Fsp3) is 0.880. The summed E-state index contributed by atoms with van der Waals surface area (Å²) >= 11 is 0. The van der Waals surface area contributed by atoms with Crippen LogP contribution in [0.25, 0.3) is 0 Å². The fourth-order valence-corrected chi connectivity index (χ4v) is 9.78. The maximum absolute atomic E-state index is 12.1. The molecular formula is C25H34O2. The van der Waals surface area contributed by atoms with Crippen LogP contribution >= 0.6 is 0 Å². The van der Waals surface area contributed by atoms with Gasteiger partial charge in [-0.1, -0.05) is 12.5 Å². The second-order valence-corrected chi connectivity index (χ2v) is 11.6. The Morgan fingerprint density at radius 2 is 1.96 bits per heavy atom. The highest BCUT2D eigenvalue weighted by Crippen LogP contribution is 2.79. The Balaban J connectivity index is 1.32. The van der Waals surface area contributed by atoms with Gasteiger partial charge in [0.05, 0.1) is 5.60 Å². The minimum atomic E-state index is 0.250. The summed E-state index contributed by atoms with van der Waals surface area (Å²) in [7, 11) is 0. The molecule has 1 spiro atoms. The van der Waals surface area contributed by atoms with Crippen molar-refractivity contribution < 1.29 is 9.53 Å². The molecule has 6 fully saturated rings. The van der Waals surface area contributed by atoms with Crippen molar-refractivity contribution in [1.82, 2.24) is 0 Å². The van der Waals surface area contributed by atoms with E-state index in [0.29, 0.717) is 11.2 Å². The van der Waals surface area contributed by atoms with Crippen LogP contribution in [0.15, 0.2) is 11.6 Å². The van der Waals surface area contributed by atoms with Crippen molar-refractivity contribution in [3.05, 3.63) is 11.6 Å². The summed E-state index contributed by atoms with van der Waals surface area (Å²) in [5.74, 6) is 7.59. The number of ether oxygens (including phenoxy) is 1. The van der Waals surface area contributed by atoms with Crippen molar-refractivity contribution in [2.75, 3.05) is 6.61 Å². The highest BCUT2D eigenvalue weighted by Gasteiger charge is 2.77. The van der Waals surface area contributed by atoms with Crippen molar-refractivity contribution in [1.29, 1.82) is 0 Å². The zero-order valence-corrected chi connectivity index (χ0v) is 16.8. The molecule has 0 aromatic carbocycles. The molecule has 9 atom stereocenters. The van der Waals surface area contributed by atoms with Gasteiger partial charge in [-0.05, 0) is 111 Å². The van der Waals surface area contributed by atoms with Crippen LogP contribution < -0.4 is 0 Å². The molecule has 1 aliphatic heterocycles. The Morgan fingerprint density at radius 1 is 1.07 bits per heavy atom. The highest BCUT2D eigenvalue weighted by atomic mass is 16.5. The quantitative estimate of drug-likeness (QED) is 0.640. The maximum atomic E-state index is 12.1. The van der Waals surface area contributed by atoms with E-state index in [0.717, 1.165) is 66.8 Å². The Hall–Kier alpha value is -0.630. The topological polar surface area (TPSA) is 26.3 Å². The molecule has 27 heavy (non-hydrogen) atoms. The van der Waals surface area contributed by atoms with Crippen LogP contribution in [-0.4, -0.2) is 18.0 Å². The smallest absolute Gasteiger partial charge is 0.155 e. The van der Waals surface area contributed by atoms with Crippen LogP contribution in [0, 0.1) is 52.8 Å². The van der Waals surface area contributed by atoms with Gasteiger partial charge in [-0.2, -0.15) is 0 Å². The Kier molecular flexibility index (Phi) is 3.06. The van der Waals surface area contributed by atoms with E-state index >= 15 is 0 Å². The van der Waals surface area contributed by atoms with Crippen LogP contribution in [0.3, 0.4) is 0 Å². The molecule has 0 bridgehead atoms. The van der Waals surface area contributed by atoms with Gasteiger partial charge < -0.3 is 4.74 Å². The zero-order valence-electron chi connectivity index (χ0n) is 16.8. The minimum absolute atomic E-state index is 0.250. The van der Waals surface area contributed by atoms with Crippen molar-refractivity contribution >= 4 is 5.78 Å². The van der Waals surface area contributed by atoms with Crippen molar-refractivity contribution in [3.63, 3.8) is 0 Å². The third-order valence-electron chi connectivity index (χ3n) is 10.8. The van der Waals surface area contributed by atoms with Gasteiger partial charge in [0, 0.05) is 18.4 Å². The van der Waals surface area contributed by atoms with Crippen LogP contribution in [0.4, 0.5) is 0 Å². The van der Waals surface area contributed by atoms with Crippen molar-refractivity contribution in [2.24, 2.45) is 52.8 Å². The molecule has 0 aromatic rings. The lowest BCUT2D eigenvalue weighted by molar-refractivity contribution is -0.157. The van der Waals surface area contributed by atoms with Crippen molar-refractivity contribution in [2.45, 2.75) is 76.7 Å². The molecule has 2 nitrogen and oxygen atoms in total. The summed E-state index contributed by atoms with van der Waals surface area (Å²) < 4.78 is 6.68. The van der Waals surface area contributed by atoms with E-state index in [2.05, 4.69) is 13.0 Å². The van der Waals surface area contributed by atoms with E-state index in [1.165, 1.54) is 51.4 Å². The Labute approximate surface area is 163 Å². The number of carbonyl (C=O) groups excluding carboxylic acids is 1. The van der Waals surface area contributed by atoms with Gasteiger partial charge in [-0.3, -0.25) is 4.79 Å². The lowest BCUT2D eigenvalue weighted by atomic mass is 9.46. The highest BCUT2D eigenvalue weighted by molar-refractivity contribution is 5.91. The van der Waals surface area contributed by atoms with Gasteiger partial charge in [0.2, 0.25) is 0 Å². The molecule has 0 radical (unpaired) electrons. The summed E-state index contributed by atoms with van der Waals surface area (Å²) in [5, 5.41) is 0. The van der Waals surface area contributed by atoms with Crippen LogP contribution in [0.1, 0.15) is 71.1 Å². The van der Waals surface area contributed by atoms with Gasteiger partial charge in [-0.15, -0.1) is 0 Å². The molecule has 2 heteroatoms. The standard InChI is InChI=1S/C25H34O2/c1-24-9-7-18-17-6-5-16(26)11-15(17)12-19(14-3-4-14)22(18)23(24)20-13-21(20)25(24)8-2-10-27-25/h11,14,17-23H,2-10,12-13H2,1H3/t17-,18?,19?,20?,21?,22?,23?,24-,25-/m0/s1. The molecule has 6 unspecified atom stereocenters. The predicted molar refractivity (Wildman–Crippen MR) is 104 cm³/mol. The number of ketones is 1. The number of carbonyl (C=O) groups is 1. The molecule has 146 valence electrons. The van der Waals surface area contributed by atoms with Gasteiger partial charge in [-0.25, -0.2) is 0 Å². The van der Waals surface area contributed by atoms with Gasteiger partial charge in [0.25, 0.3) is 0 Å². The Bertz CT molecular complexity index is 727. The summed E-state index contributed by atoms with van der Waals surface area (Å²) in [6.45, 7) is 3.67. The van der Waals surface area contributed by atoms with E-state index in [4.69, 9.17) is 4.74 Å². The average Bonchev–Trinajstić information content (AvgIpc) is 3.58. The molecule has 0 aromatic heterocycles. The molecule has 0 amide bonds. The molecular weight excluding hydrogens is 332 g/mol. The maximum Gasteiger partial charge on any atom is 0.155 e. The van der Waals surface area contributed by atoms with E-state index in [9.17, 15) is 4.79 Å². The monoisotopic (exact) mass is 366 g/mol. The molecule has 0 N–H and O–H groups in total. The van der Waals surface area contributed by atoms with Crippen LogP contribution in [0.5, 0.6) is 0 Å². The molecule has 7 rings (SSSR count). The van der Waals surface area contributed by atoms with E-state index in [1.807, 2.05) is 0 Å².